The average Bonchev–Trinajstić information content (AvgIpc) is 2.78. The van der Waals surface area contributed by atoms with Gasteiger partial charge >= 0.3 is 0 Å². The van der Waals surface area contributed by atoms with E-state index in [0.29, 0.717) is 12.1 Å². The van der Waals surface area contributed by atoms with E-state index in [-0.39, 0.29) is 17.2 Å². The van der Waals surface area contributed by atoms with Gasteiger partial charge in [-0.25, -0.2) is 0 Å². The number of nitrogens with one attached hydrogen (secondary N) is 1. The van der Waals surface area contributed by atoms with E-state index in [1.807, 2.05) is 30.3 Å². The Balaban J connectivity index is 1.78. The van der Waals surface area contributed by atoms with E-state index in [1.54, 1.807) is 19.2 Å². The fraction of sp³-hybridized carbons (Fsp3) is 0.0909. The number of non-ortho nitro benzene ring substituents is 1. The lowest BCUT2D eigenvalue weighted by molar-refractivity contribution is -0.394. The first-order valence-corrected chi connectivity index (χ1v) is 9.40. The number of anilines is 1. The molecule has 0 saturated carbocycles. The van der Waals surface area contributed by atoms with Gasteiger partial charge in [-0.3, -0.25) is 29.8 Å². The molecule has 32 heavy (non-hydrogen) atoms. The summed E-state index contributed by atoms with van der Waals surface area (Å²) in [5.74, 6) is -1.10. The Labute approximate surface area is 182 Å². The van der Waals surface area contributed by atoms with Crippen LogP contribution < -0.4 is 5.32 Å². The summed E-state index contributed by atoms with van der Waals surface area (Å²) in [4.78, 5) is 47.4. The molecule has 3 aromatic carbocycles. The van der Waals surface area contributed by atoms with Crippen LogP contribution in [-0.2, 0) is 6.54 Å². The fourth-order valence-corrected chi connectivity index (χ4v) is 3.05. The molecule has 1 N–H and O–H groups in total. The molecule has 0 aliphatic heterocycles. The van der Waals surface area contributed by atoms with Crippen molar-refractivity contribution in [2.24, 2.45) is 0 Å². The molecule has 0 aromatic heterocycles. The Morgan fingerprint density at radius 2 is 1.62 bits per heavy atom. The third-order valence-electron chi connectivity index (χ3n) is 4.61. The number of rotatable bonds is 7. The van der Waals surface area contributed by atoms with E-state index >= 15 is 0 Å². The summed E-state index contributed by atoms with van der Waals surface area (Å²) in [5, 5.41) is 24.6. The molecular formula is C22H18N4O6. The number of amides is 2. The van der Waals surface area contributed by atoms with Gasteiger partial charge in [-0.2, -0.15) is 0 Å². The molecule has 0 saturated heterocycles. The van der Waals surface area contributed by atoms with E-state index in [4.69, 9.17) is 0 Å². The van der Waals surface area contributed by atoms with Gasteiger partial charge < -0.3 is 10.2 Å². The summed E-state index contributed by atoms with van der Waals surface area (Å²) in [7, 11) is 1.65. The quantitative estimate of drug-likeness (QED) is 0.440. The van der Waals surface area contributed by atoms with Crippen LogP contribution in [0, 0.1) is 20.2 Å². The molecule has 0 bridgehead atoms. The number of nitro benzene ring substituents is 2. The Kier molecular flexibility index (Phi) is 6.54. The van der Waals surface area contributed by atoms with Gasteiger partial charge in [0.05, 0.1) is 15.9 Å². The van der Waals surface area contributed by atoms with Crippen LogP contribution in [-0.4, -0.2) is 33.6 Å². The zero-order valence-electron chi connectivity index (χ0n) is 16.9. The standard InChI is InChI=1S/C22H18N4O6/c1-24(14-15-6-3-2-4-7-15)22(28)16-8-5-9-17(12-16)23-21(27)19-11-10-18(25(29)30)13-20(19)26(31)32/h2-13H,14H2,1H3,(H,23,27). The third-order valence-corrected chi connectivity index (χ3v) is 4.61. The highest BCUT2D eigenvalue weighted by Gasteiger charge is 2.24. The smallest absolute Gasteiger partial charge is 0.289 e. The molecule has 0 spiro atoms. The average molecular weight is 434 g/mol. The van der Waals surface area contributed by atoms with Gasteiger partial charge in [-0.15, -0.1) is 0 Å². The summed E-state index contributed by atoms with van der Waals surface area (Å²) in [6.07, 6.45) is 0. The van der Waals surface area contributed by atoms with E-state index in [2.05, 4.69) is 5.32 Å². The van der Waals surface area contributed by atoms with Crippen LogP contribution in [0.4, 0.5) is 17.1 Å². The maximum absolute atomic E-state index is 12.8. The predicted molar refractivity (Wildman–Crippen MR) is 116 cm³/mol. The van der Waals surface area contributed by atoms with Crippen LogP contribution in [0.2, 0.25) is 0 Å². The van der Waals surface area contributed by atoms with Crippen molar-refractivity contribution in [1.82, 2.24) is 4.90 Å². The molecule has 0 heterocycles. The first kappa shape index (κ1) is 22.1. The highest BCUT2D eigenvalue weighted by molar-refractivity contribution is 6.07. The maximum Gasteiger partial charge on any atom is 0.289 e. The summed E-state index contributed by atoms with van der Waals surface area (Å²) in [6.45, 7) is 0.394. The summed E-state index contributed by atoms with van der Waals surface area (Å²) < 4.78 is 0. The summed E-state index contributed by atoms with van der Waals surface area (Å²) in [5.41, 5.74) is 0.00618. The largest absolute Gasteiger partial charge is 0.337 e. The molecule has 162 valence electrons. The fourth-order valence-electron chi connectivity index (χ4n) is 3.05. The van der Waals surface area contributed by atoms with Gasteiger partial charge in [0.1, 0.15) is 5.56 Å². The molecule has 10 heteroatoms. The third kappa shape index (κ3) is 5.11. The highest BCUT2D eigenvalue weighted by Crippen LogP contribution is 2.25. The second-order valence-electron chi connectivity index (χ2n) is 6.90. The van der Waals surface area contributed by atoms with Crippen LogP contribution in [0.5, 0.6) is 0 Å². The van der Waals surface area contributed by atoms with Crippen LogP contribution in [0.15, 0.2) is 72.8 Å². The van der Waals surface area contributed by atoms with E-state index in [1.165, 1.54) is 17.0 Å². The molecular weight excluding hydrogens is 416 g/mol. The Hall–Kier alpha value is -4.60. The van der Waals surface area contributed by atoms with Crippen LogP contribution in [0.3, 0.4) is 0 Å². The van der Waals surface area contributed by atoms with Gasteiger partial charge in [0.25, 0.3) is 23.2 Å². The van der Waals surface area contributed by atoms with E-state index in [0.717, 1.165) is 23.8 Å². The number of benzene rings is 3. The van der Waals surface area contributed by atoms with E-state index < -0.39 is 27.1 Å². The minimum atomic E-state index is -0.861. The zero-order chi connectivity index (χ0) is 23.3. The Morgan fingerprint density at radius 3 is 2.28 bits per heavy atom. The number of carbonyl (C=O) groups is 2. The van der Waals surface area contributed by atoms with Crippen molar-refractivity contribution in [3.8, 4) is 0 Å². The molecule has 3 aromatic rings. The number of hydrogen-bond donors (Lipinski definition) is 1. The summed E-state index contributed by atoms with van der Waals surface area (Å²) in [6, 6.07) is 18.4. The van der Waals surface area contributed by atoms with E-state index in [9.17, 15) is 29.8 Å². The Morgan fingerprint density at radius 1 is 0.906 bits per heavy atom. The van der Waals surface area contributed by atoms with Gasteiger partial charge in [-0.1, -0.05) is 36.4 Å². The first-order valence-electron chi connectivity index (χ1n) is 9.40. The molecule has 3 rings (SSSR count). The molecule has 2 amide bonds. The minimum absolute atomic E-state index is 0.251. The SMILES string of the molecule is CN(Cc1ccccc1)C(=O)c1cccc(NC(=O)c2ccc([N+](=O)[O-])cc2[N+](=O)[O-])c1. The maximum atomic E-state index is 12.8. The van der Waals surface area contributed by atoms with Gasteiger partial charge in [0.2, 0.25) is 0 Å². The predicted octanol–water partition coefficient (Wildman–Crippen LogP) is 4.03. The lowest BCUT2D eigenvalue weighted by Crippen LogP contribution is -2.26. The normalized spacial score (nSPS) is 10.3. The summed E-state index contributed by atoms with van der Waals surface area (Å²) >= 11 is 0. The zero-order valence-corrected chi connectivity index (χ0v) is 16.9. The lowest BCUT2D eigenvalue weighted by atomic mass is 10.1. The molecule has 0 aliphatic rings. The minimum Gasteiger partial charge on any atom is -0.337 e. The second-order valence-corrected chi connectivity index (χ2v) is 6.90. The number of nitro groups is 2. The molecule has 0 radical (unpaired) electrons. The first-order chi connectivity index (χ1) is 15.3. The van der Waals surface area contributed by atoms with Gasteiger partial charge in [0.15, 0.2) is 0 Å². The van der Waals surface area contributed by atoms with Crippen molar-refractivity contribution in [2.45, 2.75) is 6.54 Å². The highest BCUT2D eigenvalue weighted by atomic mass is 16.6. The molecule has 0 aliphatic carbocycles. The van der Waals surface area contributed by atoms with Crippen LogP contribution in [0.25, 0.3) is 0 Å². The van der Waals surface area contributed by atoms with Crippen molar-refractivity contribution in [3.05, 3.63) is 110 Å². The molecule has 0 unspecified atom stereocenters. The van der Waals surface area contributed by atoms with Crippen molar-refractivity contribution in [3.63, 3.8) is 0 Å². The van der Waals surface area contributed by atoms with Crippen molar-refractivity contribution < 1.29 is 19.4 Å². The Bertz CT molecular complexity index is 1200. The van der Waals surface area contributed by atoms with Crippen LogP contribution >= 0.6 is 0 Å². The lowest BCUT2D eigenvalue weighted by Gasteiger charge is -2.18. The number of nitrogens with zero attached hydrogens (tertiary/aromatic N) is 3. The second kappa shape index (κ2) is 9.47. The number of carbonyl (C=O) groups excluding carboxylic acids is 2. The van der Waals surface area contributed by atoms with Crippen molar-refractivity contribution in [2.75, 3.05) is 12.4 Å². The van der Waals surface area contributed by atoms with Gasteiger partial charge in [0, 0.05) is 30.9 Å². The monoisotopic (exact) mass is 434 g/mol. The number of hydrogen-bond acceptors (Lipinski definition) is 6. The molecule has 10 nitrogen and oxygen atoms in total. The van der Waals surface area contributed by atoms with Crippen molar-refractivity contribution in [1.29, 1.82) is 0 Å². The van der Waals surface area contributed by atoms with Crippen molar-refractivity contribution >= 4 is 28.9 Å². The van der Waals surface area contributed by atoms with Crippen LogP contribution in [0.1, 0.15) is 26.3 Å². The molecule has 0 atom stereocenters. The topological polar surface area (TPSA) is 136 Å². The molecule has 0 fully saturated rings. The van der Waals surface area contributed by atoms with Gasteiger partial charge in [-0.05, 0) is 29.8 Å².